The summed E-state index contributed by atoms with van der Waals surface area (Å²) in [6, 6.07) is 8.35. The fraction of sp³-hybridized carbons (Fsp3) is 0.533. The van der Waals surface area contributed by atoms with Gasteiger partial charge in [-0.15, -0.1) is 24.8 Å². The van der Waals surface area contributed by atoms with Crippen molar-refractivity contribution >= 4 is 42.1 Å². The highest BCUT2D eigenvalue weighted by Gasteiger charge is 2.13. The number of hydrogen-bond acceptors (Lipinski definition) is 4. The normalized spacial score (nSPS) is 14.4. The third-order valence-electron chi connectivity index (χ3n) is 3.36. The number of halogens is 2. The highest BCUT2D eigenvalue weighted by atomic mass is 35.5. The number of carbonyl (C=O) groups excluding carboxylic acids is 1. The zero-order valence-electron chi connectivity index (χ0n) is 12.8. The molecule has 126 valence electrons. The van der Waals surface area contributed by atoms with Gasteiger partial charge >= 0.3 is 0 Å². The van der Waals surface area contributed by atoms with E-state index >= 15 is 0 Å². The summed E-state index contributed by atoms with van der Waals surface area (Å²) in [7, 11) is 1.84. The van der Waals surface area contributed by atoms with E-state index in [1.54, 1.807) is 0 Å². The first-order valence-electron chi connectivity index (χ1n) is 7.17. The topological polar surface area (TPSA) is 62.4 Å². The van der Waals surface area contributed by atoms with Crippen molar-refractivity contribution in [2.45, 2.75) is 25.3 Å². The highest BCUT2D eigenvalue weighted by Crippen LogP contribution is 2.17. The molecule has 1 saturated heterocycles. The van der Waals surface area contributed by atoms with Crippen molar-refractivity contribution in [3.63, 3.8) is 0 Å². The van der Waals surface area contributed by atoms with Crippen LogP contribution in [-0.4, -0.2) is 38.8 Å². The van der Waals surface area contributed by atoms with Crippen LogP contribution in [-0.2, 0) is 9.53 Å². The van der Waals surface area contributed by atoms with Crippen LogP contribution in [0, 0.1) is 0 Å². The third-order valence-corrected chi connectivity index (χ3v) is 3.36. The monoisotopic (exact) mass is 349 g/mol. The number of rotatable bonds is 6. The van der Waals surface area contributed by atoms with E-state index in [9.17, 15) is 4.79 Å². The van der Waals surface area contributed by atoms with Gasteiger partial charge in [0.25, 0.3) is 0 Å². The standard InChI is InChI=1S/C15H23N3O2.2ClH/c1-16-9-6-15(19)18-13-4-2-12(3-5-13)17-14-7-10-20-11-8-14;;/h2-5,14,16-17H,6-11H2,1H3,(H,18,19);2*1H. The maximum atomic E-state index is 11.6. The van der Waals surface area contributed by atoms with Gasteiger partial charge in [-0.3, -0.25) is 4.79 Å². The number of amides is 1. The Balaban J connectivity index is 0.00000220. The Morgan fingerprint density at radius 2 is 1.73 bits per heavy atom. The number of hydrogen-bond donors (Lipinski definition) is 3. The molecule has 0 unspecified atom stereocenters. The summed E-state index contributed by atoms with van der Waals surface area (Å²) in [5.74, 6) is 0.0319. The minimum Gasteiger partial charge on any atom is -0.382 e. The van der Waals surface area contributed by atoms with Crippen molar-refractivity contribution in [2.75, 3.05) is 37.4 Å². The van der Waals surface area contributed by atoms with Gasteiger partial charge in [0, 0.05) is 43.6 Å². The molecule has 3 N–H and O–H groups in total. The van der Waals surface area contributed by atoms with E-state index in [2.05, 4.69) is 16.0 Å². The molecule has 1 amide bonds. The molecular formula is C15H25Cl2N3O2. The summed E-state index contributed by atoms with van der Waals surface area (Å²) < 4.78 is 5.34. The molecule has 7 heteroatoms. The molecule has 0 atom stereocenters. The van der Waals surface area contributed by atoms with E-state index in [1.807, 2.05) is 31.3 Å². The second kappa shape index (κ2) is 11.5. The van der Waals surface area contributed by atoms with Gasteiger partial charge in [-0.05, 0) is 44.2 Å². The van der Waals surface area contributed by atoms with Crippen molar-refractivity contribution in [3.05, 3.63) is 24.3 Å². The lowest BCUT2D eigenvalue weighted by molar-refractivity contribution is -0.116. The molecule has 2 rings (SSSR count). The maximum absolute atomic E-state index is 11.6. The summed E-state index contributed by atoms with van der Waals surface area (Å²) in [4.78, 5) is 11.6. The van der Waals surface area contributed by atoms with Gasteiger partial charge in [0.05, 0.1) is 0 Å². The van der Waals surface area contributed by atoms with Gasteiger partial charge in [0.2, 0.25) is 5.91 Å². The molecule has 0 bridgehead atoms. The molecule has 0 spiro atoms. The Bertz CT molecular complexity index is 423. The van der Waals surface area contributed by atoms with Gasteiger partial charge in [0.1, 0.15) is 0 Å². The highest BCUT2D eigenvalue weighted by molar-refractivity contribution is 5.91. The minimum atomic E-state index is 0. The van der Waals surface area contributed by atoms with Crippen LogP contribution in [0.15, 0.2) is 24.3 Å². The molecule has 0 saturated carbocycles. The van der Waals surface area contributed by atoms with Gasteiger partial charge < -0.3 is 20.7 Å². The fourth-order valence-corrected chi connectivity index (χ4v) is 2.19. The van der Waals surface area contributed by atoms with Crippen LogP contribution in [0.1, 0.15) is 19.3 Å². The smallest absolute Gasteiger partial charge is 0.225 e. The second-order valence-corrected chi connectivity index (χ2v) is 5.01. The van der Waals surface area contributed by atoms with Crippen molar-refractivity contribution in [3.8, 4) is 0 Å². The molecule has 1 aliphatic rings. The van der Waals surface area contributed by atoms with Crippen molar-refractivity contribution in [1.82, 2.24) is 5.32 Å². The summed E-state index contributed by atoms with van der Waals surface area (Å²) in [5.41, 5.74) is 1.92. The Morgan fingerprint density at radius 1 is 1.14 bits per heavy atom. The van der Waals surface area contributed by atoms with E-state index in [0.717, 1.165) is 37.4 Å². The van der Waals surface area contributed by atoms with E-state index in [1.165, 1.54) is 0 Å². The van der Waals surface area contributed by atoms with E-state index in [0.29, 0.717) is 19.0 Å². The average molecular weight is 350 g/mol. The predicted molar refractivity (Wildman–Crippen MR) is 95.6 cm³/mol. The van der Waals surface area contributed by atoms with Gasteiger partial charge in [-0.2, -0.15) is 0 Å². The molecule has 5 nitrogen and oxygen atoms in total. The van der Waals surface area contributed by atoms with Crippen molar-refractivity contribution in [2.24, 2.45) is 0 Å². The largest absolute Gasteiger partial charge is 0.382 e. The minimum absolute atomic E-state index is 0. The zero-order chi connectivity index (χ0) is 14.2. The quantitative estimate of drug-likeness (QED) is 0.738. The van der Waals surface area contributed by atoms with Crippen LogP contribution in [0.3, 0.4) is 0 Å². The number of benzene rings is 1. The van der Waals surface area contributed by atoms with Gasteiger partial charge in [-0.1, -0.05) is 0 Å². The third kappa shape index (κ3) is 7.31. The summed E-state index contributed by atoms with van der Waals surface area (Å²) in [5, 5.41) is 9.33. The van der Waals surface area contributed by atoms with Crippen LogP contribution in [0.25, 0.3) is 0 Å². The van der Waals surface area contributed by atoms with E-state index in [4.69, 9.17) is 4.74 Å². The molecule has 1 aromatic carbocycles. The molecule has 0 radical (unpaired) electrons. The van der Waals surface area contributed by atoms with Crippen LogP contribution in [0.5, 0.6) is 0 Å². The first-order valence-corrected chi connectivity index (χ1v) is 7.17. The number of nitrogens with one attached hydrogen (secondary N) is 3. The summed E-state index contributed by atoms with van der Waals surface area (Å²) in [6.07, 6.45) is 2.57. The lowest BCUT2D eigenvalue weighted by atomic mass is 10.1. The molecule has 1 aromatic rings. The van der Waals surface area contributed by atoms with Crippen LogP contribution < -0.4 is 16.0 Å². The molecule has 1 heterocycles. The van der Waals surface area contributed by atoms with E-state index in [-0.39, 0.29) is 30.7 Å². The van der Waals surface area contributed by atoms with Crippen LogP contribution in [0.2, 0.25) is 0 Å². The molecule has 1 aliphatic heterocycles. The van der Waals surface area contributed by atoms with Gasteiger partial charge in [-0.25, -0.2) is 0 Å². The fourth-order valence-electron chi connectivity index (χ4n) is 2.19. The Morgan fingerprint density at radius 3 is 2.32 bits per heavy atom. The maximum Gasteiger partial charge on any atom is 0.225 e. The average Bonchev–Trinajstić information content (AvgIpc) is 2.48. The Labute approximate surface area is 144 Å². The molecule has 0 aromatic heterocycles. The Kier molecular flexibility index (Phi) is 11.0. The lowest BCUT2D eigenvalue weighted by Crippen LogP contribution is -2.27. The van der Waals surface area contributed by atoms with Crippen molar-refractivity contribution < 1.29 is 9.53 Å². The molecule has 1 fully saturated rings. The molecular weight excluding hydrogens is 325 g/mol. The lowest BCUT2D eigenvalue weighted by Gasteiger charge is -2.24. The van der Waals surface area contributed by atoms with Gasteiger partial charge in [0.15, 0.2) is 0 Å². The first-order chi connectivity index (χ1) is 9.78. The summed E-state index contributed by atoms with van der Waals surface area (Å²) >= 11 is 0. The SMILES string of the molecule is CNCCC(=O)Nc1ccc(NC2CCOCC2)cc1.Cl.Cl. The number of carbonyl (C=O) groups is 1. The van der Waals surface area contributed by atoms with Crippen molar-refractivity contribution in [1.29, 1.82) is 0 Å². The summed E-state index contributed by atoms with van der Waals surface area (Å²) in [6.45, 7) is 2.35. The second-order valence-electron chi connectivity index (χ2n) is 5.01. The number of anilines is 2. The predicted octanol–water partition coefficient (Wildman–Crippen LogP) is 2.67. The Hall–Kier alpha value is -1.01. The number of ether oxygens (including phenoxy) is 1. The van der Waals surface area contributed by atoms with E-state index < -0.39 is 0 Å². The molecule has 22 heavy (non-hydrogen) atoms. The zero-order valence-corrected chi connectivity index (χ0v) is 14.4. The van der Waals surface area contributed by atoms with Crippen LogP contribution in [0.4, 0.5) is 11.4 Å². The van der Waals surface area contributed by atoms with Crippen LogP contribution >= 0.6 is 24.8 Å². The molecule has 0 aliphatic carbocycles. The first kappa shape index (κ1) is 21.0.